The molecule has 6 nitrogen and oxygen atoms in total. The number of carboxylic acid groups (broad SMARTS) is 1. The summed E-state index contributed by atoms with van der Waals surface area (Å²) < 4.78 is 0. The van der Waals surface area contributed by atoms with Gasteiger partial charge in [0, 0.05) is 19.0 Å². The van der Waals surface area contributed by atoms with Gasteiger partial charge in [-0.3, -0.25) is 0 Å². The van der Waals surface area contributed by atoms with Crippen LogP contribution in [0.1, 0.15) is 52.4 Å². The van der Waals surface area contributed by atoms with E-state index in [1.54, 1.807) is 0 Å². The molecule has 1 aliphatic rings. The van der Waals surface area contributed by atoms with E-state index in [1.165, 1.54) is 17.7 Å². The first kappa shape index (κ1) is 16.8. The molecule has 0 saturated carbocycles. The van der Waals surface area contributed by atoms with Crippen molar-refractivity contribution >= 4 is 12.0 Å². The average molecular weight is 286 g/mol. The number of carbonyl (C=O) groups is 2. The van der Waals surface area contributed by atoms with Gasteiger partial charge in [0.05, 0.1) is 6.10 Å². The van der Waals surface area contributed by atoms with E-state index in [1.807, 2.05) is 6.92 Å². The lowest BCUT2D eigenvalue weighted by molar-refractivity contribution is -0.141. The molecule has 3 N–H and O–H groups in total. The van der Waals surface area contributed by atoms with Gasteiger partial charge in [-0.05, 0) is 13.3 Å². The fourth-order valence-corrected chi connectivity index (χ4v) is 2.52. The van der Waals surface area contributed by atoms with Crippen LogP contribution in [0.5, 0.6) is 0 Å². The number of urea groups is 1. The van der Waals surface area contributed by atoms with Crippen molar-refractivity contribution in [3.8, 4) is 0 Å². The predicted molar refractivity (Wildman–Crippen MR) is 75.5 cm³/mol. The molecule has 1 heterocycles. The molecular formula is C14H26N2O4. The molecule has 0 bridgehead atoms. The maximum absolute atomic E-state index is 12.0. The molecule has 2 unspecified atom stereocenters. The molecule has 1 rings (SSSR count). The van der Waals surface area contributed by atoms with Crippen molar-refractivity contribution in [2.75, 3.05) is 6.54 Å². The predicted octanol–water partition coefficient (Wildman–Crippen LogP) is 1.57. The average Bonchev–Trinajstić information content (AvgIpc) is 2.77. The molecule has 0 aliphatic carbocycles. The maximum Gasteiger partial charge on any atom is 0.326 e. The highest BCUT2D eigenvalue weighted by molar-refractivity contribution is 5.83. The highest BCUT2D eigenvalue weighted by Gasteiger charge is 2.39. The van der Waals surface area contributed by atoms with Gasteiger partial charge < -0.3 is 20.4 Å². The molecule has 0 spiro atoms. The number of carboxylic acids is 1. The van der Waals surface area contributed by atoms with Crippen LogP contribution in [-0.2, 0) is 4.79 Å². The molecule has 0 aromatic carbocycles. The largest absolute Gasteiger partial charge is 0.480 e. The number of nitrogens with zero attached hydrogens (tertiary/aromatic N) is 1. The Balaban J connectivity index is 2.39. The lowest BCUT2D eigenvalue weighted by Gasteiger charge is -2.24. The monoisotopic (exact) mass is 286 g/mol. The number of likely N-dealkylation sites (tertiary alicyclic amines) is 1. The molecule has 1 saturated heterocycles. The summed E-state index contributed by atoms with van der Waals surface area (Å²) in [5.41, 5.74) is 0. The van der Waals surface area contributed by atoms with E-state index in [0.29, 0.717) is 0 Å². The van der Waals surface area contributed by atoms with Crippen molar-refractivity contribution in [3.05, 3.63) is 0 Å². The lowest BCUT2D eigenvalue weighted by atomic mass is 10.1. The fourth-order valence-electron chi connectivity index (χ4n) is 2.52. The molecule has 0 aromatic rings. The van der Waals surface area contributed by atoms with Crippen LogP contribution in [0.15, 0.2) is 0 Å². The van der Waals surface area contributed by atoms with Crippen molar-refractivity contribution in [1.82, 2.24) is 10.2 Å². The SMILES string of the molecule is CCCCCCC(C)NC(=O)N1CC(O)C[C@H]1C(=O)O. The molecule has 1 fully saturated rings. The number of nitrogens with one attached hydrogen (secondary N) is 1. The van der Waals surface area contributed by atoms with Crippen molar-refractivity contribution in [2.24, 2.45) is 0 Å². The molecule has 116 valence electrons. The lowest BCUT2D eigenvalue weighted by Crippen LogP contribution is -2.48. The second-order valence-corrected chi connectivity index (χ2v) is 5.60. The zero-order valence-corrected chi connectivity index (χ0v) is 12.3. The van der Waals surface area contributed by atoms with Crippen molar-refractivity contribution in [2.45, 2.75) is 70.6 Å². The third-order valence-corrected chi connectivity index (χ3v) is 3.69. The Labute approximate surface area is 120 Å². The van der Waals surface area contributed by atoms with E-state index in [9.17, 15) is 14.7 Å². The topological polar surface area (TPSA) is 89.9 Å². The van der Waals surface area contributed by atoms with Crippen LogP contribution < -0.4 is 5.32 Å². The van der Waals surface area contributed by atoms with Crippen LogP contribution in [0.2, 0.25) is 0 Å². The Morgan fingerprint density at radius 1 is 1.35 bits per heavy atom. The molecular weight excluding hydrogens is 260 g/mol. The Morgan fingerprint density at radius 3 is 2.65 bits per heavy atom. The summed E-state index contributed by atoms with van der Waals surface area (Å²) in [6, 6.07) is -1.29. The van der Waals surface area contributed by atoms with Gasteiger partial charge in [-0.1, -0.05) is 32.6 Å². The van der Waals surface area contributed by atoms with Gasteiger partial charge >= 0.3 is 12.0 Å². The number of hydrogen-bond donors (Lipinski definition) is 3. The van der Waals surface area contributed by atoms with Gasteiger partial charge in [-0.2, -0.15) is 0 Å². The van der Waals surface area contributed by atoms with Crippen molar-refractivity contribution in [1.29, 1.82) is 0 Å². The molecule has 3 atom stereocenters. The minimum Gasteiger partial charge on any atom is -0.480 e. The molecule has 6 heteroatoms. The van der Waals surface area contributed by atoms with Crippen LogP contribution >= 0.6 is 0 Å². The van der Waals surface area contributed by atoms with Crippen molar-refractivity contribution < 1.29 is 19.8 Å². The van der Waals surface area contributed by atoms with Gasteiger partial charge in [0.1, 0.15) is 6.04 Å². The van der Waals surface area contributed by atoms with Gasteiger partial charge in [0.2, 0.25) is 0 Å². The quantitative estimate of drug-likeness (QED) is 0.620. The normalized spacial score (nSPS) is 23.6. The van der Waals surface area contributed by atoms with E-state index >= 15 is 0 Å². The molecule has 20 heavy (non-hydrogen) atoms. The second kappa shape index (κ2) is 8.09. The van der Waals surface area contributed by atoms with Gasteiger partial charge in [-0.25, -0.2) is 9.59 Å². The number of aliphatic hydroxyl groups is 1. The number of carbonyl (C=O) groups excluding carboxylic acids is 1. The highest BCUT2D eigenvalue weighted by atomic mass is 16.4. The zero-order valence-electron chi connectivity index (χ0n) is 12.3. The summed E-state index contributed by atoms with van der Waals surface area (Å²) in [7, 11) is 0. The Morgan fingerprint density at radius 2 is 2.05 bits per heavy atom. The maximum atomic E-state index is 12.0. The first-order chi connectivity index (χ1) is 9.45. The third kappa shape index (κ3) is 5.00. The van der Waals surface area contributed by atoms with Crippen LogP contribution in [0.3, 0.4) is 0 Å². The first-order valence-electron chi connectivity index (χ1n) is 7.43. The summed E-state index contributed by atoms with van der Waals surface area (Å²) >= 11 is 0. The smallest absolute Gasteiger partial charge is 0.326 e. The molecule has 0 radical (unpaired) electrons. The van der Waals surface area contributed by atoms with E-state index in [2.05, 4.69) is 12.2 Å². The minimum atomic E-state index is -1.06. The van der Waals surface area contributed by atoms with Gasteiger partial charge in [0.15, 0.2) is 0 Å². The summed E-state index contributed by atoms with van der Waals surface area (Å²) in [6.07, 6.45) is 4.82. The standard InChI is InChI=1S/C14H26N2O4/c1-3-4-5-6-7-10(2)15-14(20)16-9-11(17)8-12(16)13(18)19/h10-12,17H,3-9H2,1-2H3,(H,15,20)(H,18,19)/t10?,11?,12-/m0/s1. The van der Waals surface area contributed by atoms with Crippen LogP contribution in [0.4, 0.5) is 4.79 Å². The van der Waals surface area contributed by atoms with E-state index in [-0.39, 0.29) is 19.0 Å². The zero-order chi connectivity index (χ0) is 15.1. The van der Waals surface area contributed by atoms with Crippen LogP contribution in [0, 0.1) is 0 Å². The van der Waals surface area contributed by atoms with E-state index in [4.69, 9.17) is 5.11 Å². The second-order valence-electron chi connectivity index (χ2n) is 5.60. The number of hydrogen-bond acceptors (Lipinski definition) is 3. The number of aliphatic hydroxyl groups excluding tert-OH is 1. The third-order valence-electron chi connectivity index (χ3n) is 3.69. The van der Waals surface area contributed by atoms with E-state index < -0.39 is 24.1 Å². The minimum absolute atomic E-state index is 0.0199. The van der Waals surface area contributed by atoms with Gasteiger partial charge in [-0.15, -0.1) is 0 Å². The van der Waals surface area contributed by atoms with Gasteiger partial charge in [0.25, 0.3) is 0 Å². The van der Waals surface area contributed by atoms with Crippen molar-refractivity contribution in [3.63, 3.8) is 0 Å². The Bertz CT molecular complexity index is 335. The van der Waals surface area contributed by atoms with Crippen LogP contribution in [0.25, 0.3) is 0 Å². The van der Waals surface area contributed by atoms with Crippen LogP contribution in [-0.4, -0.2) is 51.8 Å². The summed E-state index contributed by atoms with van der Waals surface area (Å²) in [5, 5.41) is 21.4. The Hall–Kier alpha value is -1.30. The molecule has 0 aromatic heterocycles. The number of unbranched alkanes of at least 4 members (excludes halogenated alkanes) is 3. The number of β-amino-alcohol motifs (C(OH)–C–C–N with tert-alkyl or cyclic N) is 1. The highest BCUT2D eigenvalue weighted by Crippen LogP contribution is 2.18. The molecule has 1 aliphatic heterocycles. The van der Waals surface area contributed by atoms with E-state index in [0.717, 1.165) is 19.3 Å². The first-order valence-corrected chi connectivity index (χ1v) is 7.43. The number of aliphatic carboxylic acids is 1. The Kier molecular flexibility index (Phi) is 6.78. The summed E-state index contributed by atoms with van der Waals surface area (Å²) in [6.45, 7) is 4.16. The summed E-state index contributed by atoms with van der Waals surface area (Å²) in [5.74, 6) is -1.06. The molecule has 2 amide bonds. The fraction of sp³-hybridized carbons (Fsp3) is 0.857. The number of amides is 2. The number of rotatable bonds is 7. The summed E-state index contributed by atoms with van der Waals surface area (Å²) in [4.78, 5) is 24.3.